The van der Waals surface area contributed by atoms with Crippen molar-refractivity contribution in [3.8, 4) is 5.75 Å². The zero-order chi connectivity index (χ0) is 14.8. The Labute approximate surface area is 134 Å². The van der Waals surface area contributed by atoms with Crippen LogP contribution < -0.4 is 10.1 Å². The molecule has 1 aromatic rings. The summed E-state index contributed by atoms with van der Waals surface area (Å²) in [6.45, 7) is 4.95. The van der Waals surface area contributed by atoms with Crippen molar-refractivity contribution in [2.75, 3.05) is 19.7 Å². The first-order valence-corrected chi connectivity index (χ1v) is 8.30. The van der Waals surface area contributed by atoms with Gasteiger partial charge >= 0.3 is 0 Å². The average molecular weight is 367 g/mol. The first-order chi connectivity index (χ1) is 9.65. The van der Waals surface area contributed by atoms with E-state index >= 15 is 0 Å². The molecule has 0 heterocycles. The fourth-order valence-electron chi connectivity index (χ4n) is 1.80. The second-order valence-electron chi connectivity index (χ2n) is 4.71. The van der Waals surface area contributed by atoms with E-state index in [1.54, 1.807) is 0 Å². The highest BCUT2D eigenvalue weighted by Gasteiger charge is 2.07. The number of halogens is 3. The van der Waals surface area contributed by atoms with Crippen LogP contribution in [0, 0.1) is 5.82 Å². The van der Waals surface area contributed by atoms with Crippen molar-refractivity contribution in [3.63, 3.8) is 0 Å². The van der Waals surface area contributed by atoms with Crippen LogP contribution in [-0.4, -0.2) is 19.7 Å². The van der Waals surface area contributed by atoms with Crippen LogP contribution >= 0.6 is 27.5 Å². The van der Waals surface area contributed by atoms with Gasteiger partial charge in [0.15, 0.2) is 0 Å². The van der Waals surface area contributed by atoms with Crippen LogP contribution in [0.2, 0.25) is 5.02 Å². The molecule has 0 saturated heterocycles. The van der Waals surface area contributed by atoms with E-state index in [0.717, 1.165) is 25.9 Å². The van der Waals surface area contributed by atoms with Crippen LogP contribution in [0.4, 0.5) is 4.39 Å². The lowest BCUT2D eigenvalue weighted by atomic mass is 10.2. The summed E-state index contributed by atoms with van der Waals surface area (Å²) in [6, 6.07) is 2.84. The monoisotopic (exact) mass is 365 g/mol. The fraction of sp³-hybridized carbons (Fsp3) is 0.600. The smallest absolute Gasteiger partial charge is 0.145 e. The van der Waals surface area contributed by atoms with E-state index in [1.165, 1.54) is 31.4 Å². The molecular weight excluding hydrogens is 345 g/mol. The lowest BCUT2D eigenvalue weighted by Crippen LogP contribution is -2.15. The zero-order valence-electron chi connectivity index (χ0n) is 11.9. The molecule has 0 fully saturated rings. The van der Waals surface area contributed by atoms with Crippen LogP contribution in [0.5, 0.6) is 5.75 Å². The Bertz CT molecular complexity index is 404. The van der Waals surface area contributed by atoms with E-state index in [0.29, 0.717) is 16.8 Å². The molecule has 1 aromatic carbocycles. The minimum absolute atomic E-state index is 0.101. The second kappa shape index (κ2) is 10.4. The molecule has 0 amide bonds. The Hall–Kier alpha value is -0.320. The summed E-state index contributed by atoms with van der Waals surface area (Å²) in [5.41, 5.74) is 0. The van der Waals surface area contributed by atoms with Crippen LogP contribution in [0.1, 0.15) is 39.0 Å². The maximum atomic E-state index is 13.3. The van der Waals surface area contributed by atoms with Gasteiger partial charge in [-0.25, -0.2) is 4.39 Å². The second-order valence-corrected chi connectivity index (χ2v) is 5.97. The lowest BCUT2D eigenvalue weighted by Gasteiger charge is -2.09. The standard InChI is InChI=1S/C15H22BrClFNO/c1-2-7-19-8-5-3-4-6-9-20-15-11-14(18)13(17)10-12(15)16/h10-11,19H,2-9H2,1H3. The number of hydrogen-bond acceptors (Lipinski definition) is 2. The third-order valence-electron chi connectivity index (χ3n) is 2.91. The van der Waals surface area contributed by atoms with Crippen molar-refractivity contribution in [3.05, 3.63) is 27.4 Å². The summed E-state index contributed by atoms with van der Waals surface area (Å²) in [7, 11) is 0. The van der Waals surface area contributed by atoms with Crippen molar-refractivity contribution in [1.29, 1.82) is 0 Å². The highest BCUT2D eigenvalue weighted by molar-refractivity contribution is 9.10. The Morgan fingerprint density at radius 2 is 1.95 bits per heavy atom. The summed E-state index contributed by atoms with van der Waals surface area (Å²) in [4.78, 5) is 0. The molecular formula is C15H22BrClFNO. The number of unbranched alkanes of at least 4 members (excludes halogenated alkanes) is 3. The Morgan fingerprint density at radius 3 is 2.70 bits per heavy atom. The van der Waals surface area contributed by atoms with E-state index in [9.17, 15) is 4.39 Å². The van der Waals surface area contributed by atoms with Gasteiger partial charge in [0.1, 0.15) is 11.6 Å². The topological polar surface area (TPSA) is 21.3 Å². The summed E-state index contributed by atoms with van der Waals surface area (Å²) in [5.74, 6) is 0.0587. The van der Waals surface area contributed by atoms with Crippen LogP contribution in [0.3, 0.4) is 0 Å². The van der Waals surface area contributed by atoms with Crippen LogP contribution in [-0.2, 0) is 0 Å². The molecule has 0 unspecified atom stereocenters. The molecule has 1 N–H and O–H groups in total. The maximum Gasteiger partial charge on any atom is 0.145 e. The van der Waals surface area contributed by atoms with Gasteiger partial charge in [-0.15, -0.1) is 0 Å². The molecule has 114 valence electrons. The first kappa shape index (κ1) is 17.7. The van der Waals surface area contributed by atoms with Crippen molar-refractivity contribution >= 4 is 27.5 Å². The molecule has 0 aliphatic rings. The normalized spacial score (nSPS) is 10.8. The third kappa shape index (κ3) is 6.91. The zero-order valence-corrected chi connectivity index (χ0v) is 14.2. The molecule has 2 nitrogen and oxygen atoms in total. The minimum atomic E-state index is -0.452. The molecule has 1 rings (SSSR count). The first-order valence-electron chi connectivity index (χ1n) is 7.13. The van der Waals surface area contributed by atoms with Gasteiger partial charge in [-0.1, -0.05) is 31.4 Å². The van der Waals surface area contributed by atoms with Crippen LogP contribution in [0.15, 0.2) is 16.6 Å². The lowest BCUT2D eigenvalue weighted by molar-refractivity contribution is 0.301. The molecule has 0 aliphatic carbocycles. The summed E-state index contributed by atoms with van der Waals surface area (Å²) in [5, 5.41) is 3.48. The molecule has 0 bridgehead atoms. The number of nitrogens with one attached hydrogen (secondary N) is 1. The van der Waals surface area contributed by atoms with Crippen molar-refractivity contribution < 1.29 is 9.13 Å². The number of rotatable bonds is 10. The number of hydrogen-bond donors (Lipinski definition) is 1. The molecule has 0 spiro atoms. The van der Waals surface area contributed by atoms with Gasteiger partial charge in [0.2, 0.25) is 0 Å². The van der Waals surface area contributed by atoms with Crippen molar-refractivity contribution in [2.45, 2.75) is 39.0 Å². The summed E-state index contributed by atoms with van der Waals surface area (Å²) in [6.07, 6.45) is 5.67. The predicted octanol–water partition coefficient (Wildman–Crippen LogP) is 5.18. The molecule has 0 saturated carbocycles. The fourth-order valence-corrected chi connectivity index (χ4v) is 2.56. The maximum absolute atomic E-state index is 13.3. The van der Waals surface area contributed by atoms with E-state index in [1.807, 2.05) is 0 Å². The summed E-state index contributed by atoms with van der Waals surface area (Å²) >= 11 is 8.99. The third-order valence-corrected chi connectivity index (χ3v) is 3.82. The molecule has 20 heavy (non-hydrogen) atoms. The molecule has 0 radical (unpaired) electrons. The van der Waals surface area contributed by atoms with Gasteiger partial charge in [0.25, 0.3) is 0 Å². The van der Waals surface area contributed by atoms with Gasteiger partial charge in [-0.05, 0) is 54.3 Å². The Morgan fingerprint density at radius 1 is 1.20 bits per heavy atom. The van der Waals surface area contributed by atoms with E-state index in [2.05, 4.69) is 28.2 Å². The van der Waals surface area contributed by atoms with Gasteiger partial charge in [-0.3, -0.25) is 0 Å². The quantitative estimate of drug-likeness (QED) is 0.455. The van der Waals surface area contributed by atoms with Gasteiger partial charge in [0.05, 0.1) is 16.1 Å². The highest BCUT2D eigenvalue weighted by atomic mass is 79.9. The molecule has 0 aliphatic heterocycles. The van der Waals surface area contributed by atoms with Crippen molar-refractivity contribution in [1.82, 2.24) is 5.32 Å². The van der Waals surface area contributed by atoms with E-state index in [4.69, 9.17) is 16.3 Å². The number of benzene rings is 1. The Kier molecular flexibility index (Phi) is 9.23. The van der Waals surface area contributed by atoms with E-state index < -0.39 is 5.82 Å². The van der Waals surface area contributed by atoms with Crippen LogP contribution in [0.25, 0.3) is 0 Å². The van der Waals surface area contributed by atoms with Gasteiger partial charge < -0.3 is 10.1 Å². The largest absolute Gasteiger partial charge is 0.492 e. The number of ether oxygens (including phenoxy) is 1. The molecule has 0 atom stereocenters. The predicted molar refractivity (Wildman–Crippen MR) is 86.2 cm³/mol. The molecule has 0 aromatic heterocycles. The van der Waals surface area contributed by atoms with Gasteiger partial charge in [-0.2, -0.15) is 0 Å². The Balaban J connectivity index is 2.11. The minimum Gasteiger partial charge on any atom is -0.492 e. The highest BCUT2D eigenvalue weighted by Crippen LogP contribution is 2.30. The SMILES string of the molecule is CCCNCCCCCCOc1cc(F)c(Cl)cc1Br. The summed E-state index contributed by atoms with van der Waals surface area (Å²) < 4.78 is 19.5. The van der Waals surface area contributed by atoms with Gasteiger partial charge in [0, 0.05) is 6.07 Å². The van der Waals surface area contributed by atoms with Crippen molar-refractivity contribution in [2.24, 2.45) is 0 Å². The van der Waals surface area contributed by atoms with E-state index in [-0.39, 0.29) is 5.02 Å². The average Bonchev–Trinajstić information content (AvgIpc) is 2.42. The molecule has 5 heteroatoms.